The summed E-state index contributed by atoms with van der Waals surface area (Å²) in [6.45, 7) is 3.57. The van der Waals surface area contributed by atoms with Crippen LogP contribution in [-0.4, -0.2) is 11.2 Å². The summed E-state index contributed by atoms with van der Waals surface area (Å²) in [7, 11) is 0. The fourth-order valence-electron chi connectivity index (χ4n) is 2.40. The van der Waals surface area contributed by atoms with E-state index < -0.39 is 0 Å². The Labute approximate surface area is 127 Å². The van der Waals surface area contributed by atoms with E-state index in [1.165, 1.54) is 16.5 Å². The zero-order valence-electron chi connectivity index (χ0n) is 11.3. The Balaban J connectivity index is 1.96. The molecule has 0 aliphatic heterocycles. The standard InChI is InChI=1S/C17H16BrNO/c1-2-20-17-5-3-4-16-15(17)10-11-19(16)12-13-6-8-14(18)9-7-13/h3-11H,2,12H2,1H3. The van der Waals surface area contributed by atoms with Crippen LogP contribution in [-0.2, 0) is 6.54 Å². The Morgan fingerprint density at radius 1 is 1.05 bits per heavy atom. The maximum Gasteiger partial charge on any atom is 0.128 e. The lowest BCUT2D eigenvalue weighted by Gasteiger charge is -2.08. The summed E-state index contributed by atoms with van der Waals surface area (Å²) >= 11 is 3.47. The van der Waals surface area contributed by atoms with Gasteiger partial charge in [-0.15, -0.1) is 0 Å². The molecule has 1 heterocycles. The summed E-state index contributed by atoms with van der Waals surface area (Å²) < 4.78 is 9.04. The van der Waals surface area contributed by atoms with E-state index in [-0.39, 0.29) is 0 Å². The molecule has 2 aromatic carbocycles. The lowest BCUT2D eigenvalue weighted by Crippen LogP contribution is -1.98. The highest BCUT2D eigenvalue weighted by Gasteiger charge is 2.06. The number of nitrogens with zero attached hydrogens (tertiary/aromatic N) is 1. The lowest BCUT2D eigenvalue weighted by molar-refractivity contribution is 0.344. The molecule has 20 heavy (non-hydrogen) atoms. The van der Waals surface area contributed by atoms with Crippen molar-refractivity contribution in [2.75, 3.05) is 6.61 Å². The van der Waals surface area contributed by atoms with Crippen molar-refractivity contribution < 1.29 is 4.74 Å². The van der Waals surface area contributed by atoms with Gasteiger partial charge in [0.15, 0.2) is 0 Å². The van der Waals surface area contributed by atoms with Crippen molar-refractivity contribution in [1.29, 1.82) is 0 Å². The molecule has 0 atom stereocenters. The van der Waals surface area contributed by atoms with Gasteiger partial charge in [0, 0.05) is 22.6 Å². The first-order valence-electron chi connectivity index (χ1n) is 6.73. The van der Waals surface area contributed by atoms with Crippen LogP contribution in [0.1, 0.15) is 12.5 Å². The molecule has 0 saturated heterocycles. The van der Waals surface area contributed by atoms with Crippen LogP contribution in [0.4, 0.5) is 0 Å². The van der Waals surface area contributed by atoms with Crippen LogP contribution < -0.4 is 4.74 Å². The SMILES string of the molecule is CCOc1cccc2c1ccn2Cc1ccc(Br)cc1. The van der Waals surface area contributed by atoms with E-state index in [1.54, 1.807) is 0 Å². The Morgan fingerprint density at radius 3 is 2.60 bits per heavy atom. The number of ether oxygens (including phenoxy) is 1. The summed E-state index contributed by atoms with van der Waals surface area (Å²) in [5.41, 5.74) is 2.49. The zero-order valence-corrected chi connectivity index (χ0v) is 12.9. The van der Waals surface area contributed by atoms with Gasteiger partial charge in [0.1, 0.15) is 5.75 Å². The molecule has 0 bridgehead atoms. The van der Waals surface area contributed by atoms with E-state index in [4.69, 9.17) is 4.74 Å². The molecule has 3 heteroatoms. The van der Waals surface area contributed by atoms with Gasteiger partial charge < -0.3 is 9.30 Å². The number of hydrogen-bond donors (Lipinski definition) is 0. The minimum absolute atomic E-state index is 0.691. The quantitative estimate of drug-likeness (QED) is 0.667. The minimum atomic E-state index is 0.691. The molecule has 3 aromatic rings. The van der Waals surface area contributed by atoms with Crippen molar-refractivity contribution >= 4 is 26.8 Å². The molecule has 0 aliphatic carbocycles. The number of aromatic nitrogens is 1. The molecule has 0 unspecified atom stereocenters. The first-order chi connectivity index (χ1) is 9.78. The van der Waals surface area contributed by atoms with Gasteiger partial charge in [-0.25, -0.2) is 0 Å². The molecule has 2 nitrogen and oxygen atoms in total. The summed E-state index contributed by atoms with van der Waals surface area (Å²) in [6.07, 6.45) is 2.12. The summed E-state index contributed by atoms with van der Waals surface area (Å²) in [4.78, 5) is 0. The normalized spacial score (nSPS) is 10.9. The summed E-state index contributed by atoms with van der Waals surface area (Å²) in [5, 5.41) is 1.17. The molecule has 0 fully saturated rings. The van der Waals surface area contributed by atoms with E-state index in [0.717, 1.165) is 16.8 Å². The lowest BCUT2D eigenvalue weighted by atomic mass is 10.2. The van der Waals surface area contributed by atoms with Crippen LogP contribution in [0.2, 0.25) is 0 Å². The van der Waals surface area contributed by atoms with Crippen molar-refractivity contribution in [3.8, 4) is 5.75 Å². The largest absolute Gasteiger partial charge is 0.493 e. The van der Waals surface area contributed by atoms with Crippen molar-refractivity contribution in [3.63, 3.8) is 0 Å². The van der Waals surface area contributed by atoms with Crippen molar-refractivity contribution in [1.82, 2.24) is 4.57 Å². The van der Waals surface area contributed by atoms with Crippen molar-refractivity contribution in [3.05, 3.63) is 64.8 Å². The predicted molar refractivity (Wildman–Crippen MR) is 86.4 cm³/mol. The molecule has 0 radical (unpaired) electrons. The third-order valence-electron chi connectivity index (χ3n) is 3.34. The fraction of sp³-hybridized carbons (Fsp3) is 0.176. The van der Waals surface area contributed by atoms with Gasteiger partial charge in [-0.2, -0.15) is 0 Å². The average molecular weight is 330 g/mol. The molecule has 3 rings (SSSR count). The molecule has 1 aromatic heterocycles. The monoisotopic (exact) mass is 329 g/mol. The zero-order chi connectivity index (χ0) is 13.9. The number of hydrogen-bond acceptors (Lipinski definition) is 1. The maximum atomic E-state index is 5.68. The van der Waals surface area contributed by atoms with Gasteiger partial charge in [-0.05, 0) is 42.8 Å². The smallest absolute Gasteiger partial charge is 0.128 e. The molecular weight excluding hydrogens is 314 g/mol. The molecule has 0 spiro atoms. The van der Waals surface area contributed by atoms with Gasteiger partial charge in [-0.3, -0.25) is 0 Å². The van der Waals surface area contributed by atoms with Crippen LogP contribution >= 0.6 is 15.9 Å². The average Bonchev–Trinajstić information content (AvgIpc) is 2.86. The molecule has 0 saturated carbocycles. The molecule has 102 valence electrons. The van der Waals surface area contributed by atoms with Gasteiger partial charge in [-0.1, -0.05) is 34.1 Å². The van der Waals surface area contributed by atoms with E-state index in [2.05, 4.69) is 63.1 Å². The molecule has 0 aliphatic rings. The number of halogens is 1. The second-order valence-corrected chi connectivity index (χ2v) is 5.61. The Hall–Kier alpha value is -1.74. The van der Waals surface area contributed by atoms with Crippen LogP contribution in [0, 0.1) is 0 Å². The Bertz CT molecular complexity index is 715. The third kappa shape index (κ3) is 2.59. The van der Waals surface area contributed by atoms with Crippen LogP contribution in [0.3, 0.4) is 0 Å². The highest BCUT2D eigenvalue weighted by atomic mass is 79.9. The van der Waals surface area contributed by atoms with E-state index in [1.807, 2.05) is 19.1 Å². The van der Waals surface area contributed by atoms with Crippen LogP contribution in [0.5, 0.6) is 5.75 Å². The summed E-state index contributed by atoms with van der Waals surface area (Å²) in [6, 6.07) is 16.8. The highest BCUT2D eigenvalue weighted by Crippen LogP contribution is 2.27. The van der Waals surface area contributed by atoms with E-state index in [0.29, 0.717) is 6.61 Å². The van der Waals surface area contributed by atoms with Crippen LogP contribution in [0.25, 0.3) is 10.9 Å². The topological polar surface area (TPSA) is 14.2 Å². The fourth-order valence-corrected chi connectivity index (χ4v) is 2.67. The number of rotatable bonds is 4. The van der Waals surface area contributed by atoms with Gasteiger partial charge in [0.05, 0.1) is 12.1 Å². The van der Waals surface area contributed by atoms with Gasteiger partial charge >= 0.3 is 0 Å². The van der Waals surface area contributed by atoms with Gasteiger partial charge in [0.25, 0.3) is 0 Å². The summed E-state index contributed by atoms with van der Waals surface area (Å²) in [5.74, 6) is 0.958. The third-order valence-corrected chi connectivity index (χ3v) is 3.87. The van der Waals surface area contributed by atoms with E-state index >= 15 is 0 Å². The van der Waals surface area contributed by atoms with Crippen molar-refractivity contribution in [2.45, 2.75) is 13.5 Å². The highest BCUT2D eigenvalue weighted by molar-refractivity contribution is 9.10. The molecular formula is C17H16BrNO. The second kappa shape index (κ2) is 5.71. The Kier molecular flexibility index (Phi) is 3.79. The molecule has 0 N–H and O–H groups in total. The van der Waals surface area contributed by atoms with E-state index in [9.17, 15) is 0 Å². The Morgan fingerprint density at radius 2 is 1.85 bits per heavy atom. The molecule has 0 amide bonds. The van der Waals surface area contributed by atoms with Crippen molar-refractivity contribution in [2.24, 2.45) is 0 Å². The first-order valence-corrected chi connectivity index (χ1v) is 7.52. The number of fused-ring (bicyclic) bond motifs is 1. The minimum Gasteiger partial charge on any atom is -0.493 e. The van der Waals surface area contributed by atoms with Crippen LogP contribution in [0.15, 0.2) is 59.2 Å². The second-order valence-electron chi connectivity index (χ2n) is 4.69. The first kappa shape index (κ1) is 13.3. The predicted octanol–water partition coefficient (Wildman–Crippen LogP) is 4.85. The maximum absolute atomic E-state index is 5.68. The number of benzene rings is 2. The van der Waals surface area contributed by atoms with Gasteiger partial charge in [0.2, 0.25) is 0 Å².